The summed E-state index contributed by atoms with van der Waals surface area (Å²) in [5.41, 5.74) is 0.312. The van der Waals surface area contributed by atoms with Crippen LogP contribution in [-0.4, -0.2) is 30.5 Å². The summed E-state index contributed by atoms with van der Waals surface area (Å²) in [6.07, 6.45) is 6.97. The minimum absolute atomic E-state index is 0.0394. The average Bonchev–Trinajstić information content (AvgIpc) is 2.98. The molecule has 0 heterocycles. The van der Waals surface area contributed by atoms with E-state index in [1.807, 2.05) is 12.1 Å². The van der Waals surface area contributed by atoms with Crippen molar-refractivity contribution in [3.8, 4) is 5.75 Å². The summed E-state index contributed by atoms with van der Waals surface area (Å²) in [5, 5.41) is 0. The predicted octanol–water partition coefficient (Wildman–Crippen LogP) is 6.00. The van der Waals surface area contributed by atoms with Crippen LogP contribution in [0.5, 0.6) is 5.75 Å². The van der Waals surface area contributed by atoms with Gasteiger partial charge in [0, 0.05) is 23.7 Å². The van der Waals surface area contributed by atoms with Crippen LogP contribution in [0.15, 0.2) is 23.1 Å². The van der Waals surface area contributed by atoms with Crippen LogP contribution in [0.1, 0.15) is 85.7 Å². The third-order valence-electron chi connectivity index (χ3n) is 12.0. The van der Waals surface area contributed by atoms with Gasteiger partial charge in [-0.1, -0.05) is 12.1 Å². The minimum atomic E-state index is -5.70. The molecule has 4 atom stereocenters. The van der Waals surface area contributed by atoms with Gasteiger partial charge in [0.2, 0.25) is 17.4 Å². The first-order valence-corrected chi connectivity index (χ1v) is 16.9. The second-order valence-electron chi connectivity index (χ2n) is 14.6. The van der Waals surface area contributed by atoms with Crippen LogP contribution in [0.2, 0.25) is 0 Å². The van der Waals surface area contributed by atoms with E-state index in [0.717, 1.165) is 37.7 Å². The van der Waals surface area contributed by atoms with Crippen molar-refractivity contribution in [1.29, 1.82) is 0 Å². The second-order valence-corrected chi connectivity index (χ2v) is 16.0. The Hall–Kier alpha value is -3.12. The molecule has 0 radical (unpaired) electrons. The first-order chi connectivity index (χ1) is 21.2. The van der Waals surface area contributed by atoms with Crippen molar-refractivity contribution in [2.45, 2.75) is 79.9 Å². The molecular formula is C33H30F4O7S. The topological polar surface area (TPSA) is 115 Å². The molecule has 2 aromatic rings. The molecule has 8 aliphatic rings. The fourth-order valence-electron chi connectivity index (χ4n) is 10.7. The van der Waals surface area contributed by atoms with Crippen LogP contribution in [0.25, 0.3) is 0 Å². The highest BCUT2D eigenvalue weighted by molar-refractivity contribution is 7.85. The molecule has 7 nitrogen and oxygen atoms in total. The van der Waals surface area contributed by atoms with E-state index >= 15 is 0 Å². The molecule has 8 saturated carbocycles. The van der Waals surface area contributed by atoms with Crippen molar-refractivity contribution in [1.82, 2.24) is 0 Å². The van der Waals surface area contributed by atoms with Crippen molar-refractivity contribution in [2.75, 3.05) is 0 Å². The van der Waals surface area contributed by atoms with Crippen molar-refractivity contribution in [2.24, 2.45) is 35.5 Å². The Morgan fingerprint density at radius 1 is 0.733 bits per heavy atom. The number of ether oxygens (including phenoxy) is 1. The maximum absolute atomic E-state index is 15.0. The molecule has 12 heteroatoms. The molecule has 238 valence electrons. The second kappa shape index (κ2) is 9.47. The molecule has 0 spiro atoms. The summed E-state index contributed by atoms with van der Waals surface area (Å²) in [5.74, 6) is -11.8. The normalized spacial score (nSPS) is 36.2. The number of hydrogen-bond donors (Lipinski definition) is 1. The van der Waals surface area contributed by atoms with Gasteiger partial charge >= 0.3 is 16.1 Å². The van der Waals surface area contributed by atoms with E-state index in [9.17, 15) is 40.4 Å². The van der Waals surface area contributed by atoms with Crippen LogP contribution in [0.4, 0.5) is 17.6 Å². The van der Waals surface area contributed by atoms with E-state index in [2.05, 4.69) is 0 Å². The number of hydrogen-bond acceptors (Lipinski definition) is 6. The zero-order chi connectivity index (χ0) is 31.8. The lowest BCUT2D eigenvalue weighted by Crippen LogP contribution is -2.54. The molecule has 0 saturated heterocycles. The largest absolute Gasteiger partial charge is 0.416 e. The fraction of sp³-hybridized carbons (Fsp3) is 0.545. The van der Waals surface area contributed by atoms with Crippen LogP contribution in [-0.2, 0) is 30.5 Å². The number of ketones is 2. The van der Waals surface area contributed by atoms with Crippen LogP contribution in [0, 0.1) is 58.8 Å². The van der Waals surface area contributed by atoms with Gasteiger partial charge in [-0.3, -0.25) is 14.1 Å². The highest BCUT2D eigenvalue weighted by Gasteiger charge is 2.58. The Bertz CT molecular complexity index is 1770. The first kappa shape index (κ1) is 29.3. The molecule has 0 amide bonds. The van der Waals surface area contributed by atoms with Gasteiger partial charge in [0.1, 0.15) is 11.6 Å². The van der Waals surface area contributed by atoms with E-state index in [4.69, 9.17) is 9.29 Å². The maximum atomic E-state index is 15.0. The maximum Gasteiger partial charge on any atom is 0.344 e. The SMILES string of the molecule is O=C(Oc1c(F)c(F)c(S(=O)(=O)O)c(F)c1F)c1cc(C23CC4CC(C2)C(=O)C(C4)C3)ccc1C12CC3CC(C1)C(=O)C(C3)C2. The van der Waals surface area contributed by atoms with Gasteiger partial charge in [0.25, 0.3) is 0 Å². The van der Waals surface area contributed by atoms with Gasteiger partial charge in [-0.15, -0.1) is 0 Å². The molecule has 10 rings (SSSR count). The van der Waals surface area contributed by atoms with E-state index in [1.165, 1.54) is 0 Å². The Balaban J connectivity index is 1.25. The number of Topliss-reactive ketones (excluding diaryl/α,β-unsaturated/α-hetero) is 2. The zero-order valence-electron chi connectivity index (χ0n) is 24.1. The van der Waals surface area contributed by atoms with Crippen LogP contribution < -0.4 is 4.74 Å². The Morgan fingerprint density at radius 3 is 1.69 bits per heavy atom. The van der Waals surface area contributed by atoms with Gasteiger partial charge in [-0.2, -0.15) is 17.2 Å². The summed E-state index contributed by atoms with van der Waals surface area (Å²) in [6.45, 7) is 0. The lowest BCUT2D eigenvalue weighted by molar-refractivity contribution is -0.142. The number of benzene rings is 2. The van der Waals surface area contributed by atoms with Gasteiger partial charge in [0.05, 0.1) is 5.56 Å². The lowest BCUT2D eigenvalue weighted by atomic mass is 9.46. The summed E-state index contributed by atoms with van der Waals surface area (Å²) in [7, 11) is -5.70. The number of halogens is 4. The molecule has 0 aromatic heterocycles. The fourth-order valence-corrected chi connectivity index (χ4v) is 11.4. The summed E-state index contributed by atoms with van der Waals surface area (Å²) in [6, 6.07) is 5.40. The Morgan fingerprint density at radius 2 is 1.20 bits per heavy atom. The van der Waals surface area contributed by atoms with Gasteiger partial charge in [0.15, 0.2) is 16.5 Å². The van der Waals surface area contributed by atoms with Gasteiger partial charge in [-0.25, -0.2) is 13.6 Å². The van der Waals surface area contributed by atoms with E-state index in [1.54, 1.807) is 6.07 Å². The number of rotatable bonds is 5. The molecule has 2 aromatic carbocycles. The van der Waals surface area contributed by atoms with Crippen molar-refractivity contribution in [3.05, 3.63) is 58.2 Å². The molecule has 4 unspecified atom stereocenters. The van der Waals surface area contributed by atoms with Crippen molar-refractivity contribution >= 4 is 27.7 Å². The number of esters is 1. The molecule has 0 aliphatic heterocycles. The van der Waals surface area contributed by atoms with E-state index < -0.39 is 55.4 Å². The number of carbonyl (C=O) groups is 3. The highest BCUT2D eigenvalue weighted by atomic mass is 32.2. The highest BCUT2D eigenvalue weighted by Crippen LogP contribution is 2.62. The molecule has 1 N–H and O–H groups in total. The smallest absolute Gasteiger partial charge is 0.344 e. The van der Waals surface area contributed by atoms with Gasteiger partial charge in [-0.05, 0) is 104 Å². The van der Waals surface area contributed by atoms with Crippen LogP contribution >= 0.6 is 0 Å². The monoisotopic (exact) mass is 646 g/mol. The Kier molecular flexibility index (Phi) is 6.16. The standard InChI is InChI=1S/C33H30F4O7S/c34-23-25(36)30(45(41,42)43)26(37)24(35)29(23)44-31(40)21-7-20(32-8-14-3-16(10-32)27(38)17(4-14)11-32)1-2-22(21)33-9-15-5-18(12-33)28(39)19(6-15)13-33/h1-2,7,14-19H,3-6,8-13H2,(H,41,42,43). The zero-order valence-corrected chi connectivity index (χ0v) is 24.9. The van der Waals surface area contributed by atoms with Gasteiger partial charge < -0.3 is 4.74 Å². The predicted molar refractivity (Wildman–Crippen MR) is 148 cm³/mol. The van der Waals surface area contributed by atoms with Crippen molar-refractivity contribution < 1.29 is 49.7 Å². The third kappa shape index (κ3) is 4.16. The van der Waals surface area contributed by atoms with E-state index in [0.29, 0.717) is 43.6 Å². The van der Waals surface area contributed by atoms with E-state index in [-0.39, 0.29) is 52.1 Å². The average molecular weight is 647 g/mol. The number of carbonyl (C=O) groups excluding carboxylic acids is 3. The molecule has 8 bridgehead atoms. The quantitative estimate of drug-likeness (QED) is 0.139. The minimum Gasteiger partial charge on any atom is -0.416 e. The lowest BCUT2D eigenvalue weighted by Gasteiger charge is -2.57. The van der Waals surface area contributed by atoms with Crippen LogP contribution in [0.3, 0.4) is 0 Å². The molecule has 8 aliphatic carbocycles. The molecular weight excluding hydrogens is 616 g/mol. The summed E-state index contributed by atoms with van der Waals surface area (Å²) >= 11 is 0. The Labute approximate surface area is 256 Å². The summed E-state index contributed by atoms with van der Waals surface area (Å²) < 4.78 is 96.2. The molecule has 45 heavy (non-hydrogen) atoms. The van der Waals surface area contributed by atoms with Crippen molar-refractivity contribution in [3.63, 3.8) is 0 Å². The molecule has 8 fully saturated rings. The first-order valence-electron chi connectivity index (χ1n) is 15.5. The summed E-state index contributed by atoms with van der Waals surface area (Å²) in [4.78, 5) is 37.5. The third-order valence-corrected chi connectivity index (χ3v) is 12.9.